The van der Waals surface area contributed by atoms with Crippen LogP contribution in [0.3, 0.4) is 0 Å². The fourth-order valence-corrected chi connectivity index (χ4v) is 1.80. The highest BCUT2D eigenvalue weighted by molar-refractivity contribution is 5.84. The van der Waals surface area contributed by atoms with Crippen LogP contribution in [0.1, 0.15) is 16.7 Å². The van der Waals surface area contributed by atoms with Gasteiger partial charge in [0.1, 0.15) is 12.4 Å². The van der Waals surface area contributed by atoms with Crippen molar-refractivity contribution < 1.29 is 4.74 Å². The SMILES string of the molecule is Cc1ccccc1COc1ccccc1/C=N/N=C(N)N. The predicted molar refractivity (Wildman–Crippen MR) is 85.4 cm³/mol. The Kier molecular flexibility index (Phi) is 4.93. The van der Waals surface area contributed by atoms with E-state index in [1.54, 1.807) is 6.21 Å². The molecular weight excluding hydrogens is 264 g/mol. The largest absolute Gasteiger partial charge is 0.488 e. The van der Waals surface area contributed by atoms with Crippen molar-refractivity contribution in [3.8, 4) is 5.75 Å². The summed E-state index contributed by atoms with van der Waals surface area (Å²) < 4.78 is 5.86. The Bertz CT molecular complexity index is 661. The van der Waals surface area contributed by atoms with Crippen molar-refractivity contribution in [1.29, 1.82) is 0 Å². The van der Waals surface area contributed by atoms with E-state index in [1.165, 1.54) is 5.56 Å². The van der Waals surface area contributed by atoms with E-state index in [2.05, 4.69) is 23.2 Å². The summed E-state index contributed by atoms with van der Waals surface area (Å²) >= 11 is 0. The maximum absolute atomic E-state index is 5.86. The highest BCUT2D eigenvalue weighted by atomic mass is 16.5. The smallest absolute Gasteiger partial charge is 0.211 e. The molecule has 0 spiro atoms. The Morgan fingerprint density at radius 1 is 1.10 bits per heavy atom. The molecule has 5 nitrogen and oxygen atoms in total. The van der Waals surface area contributed by atoms with Crippen LogP contribution >= 0.6 is 0 Å². The molecule has 5 heteroatoms. The molecule has 0 amide bonds. The summed E-state index contributed by atoms with van der Waals surface area (Å²) in [7, 11) is 0. The van der Waals surface area contributed by atoms with E-state index in [9.17, 15) is 0 Å². The van der Waals surface area contributed by atoms with Crippen LogP contribution in [0, 0.1) is 6.92 Å². The van der Waals surface area contributed by atoms with E-state index in [0.717, 1.165) is 16.9 Å². The van der Waals surface area contributed by atoms with E-state index in [0.29, 0.717) is 6.61 Å². The number of nitrogens with two attached hydrogens (primary N) is 2. The zero-order valence-corrected chi connectivity index (χ0v) is 11.9. The van der Waals surface area contributed by atoms with Crippen LogP contribution in [0.4, 0.5) is 0 Å². The number of hydrogen-bond acceptors (Lipinski definition) is 3. The summed E-state index contributed by atoms with van der Waals surface area (Å²) in [5, 5.41) is 7.39. The third-order valence-corrected chi connectivity index (χ3v) is 2.93. The van der Waals surface area contributed by atoms with Crippen molar-refractivity contribution in [2.45, 2.75) is 13.5 Å². The minimum atomic E-state index is -0.0791. The van der Waals surface area contributed by atoms with E-state index >= 15 is 0 Å². The summed E-state index contributed by atoms with van der Waals surface area (Å²) in [6, 6.07) is 15.7. The second kappa shape index (κ2) is 7.09. The molecule has 0 unspecified atom stereocenters. The maximum atomic E-state index is 5.86. The number of aryl methyl sites for hydroxylation is 1. The molecule has 4 N–H and O–H groups in total. The zero-order valence-electron chi connectivity index (χ0n) is 11.9. The molecule has 0 aromatic heterocycles. The summed E-state index contributed by atoms with van der Waals surface area (Å²) in [6.45, 7) is 2.56. The van der Waals surface area contributed by atoms with Crippen molar-refractivity contribution in [2.24, 2.45) is 21.7 Å². The lowest BCUT2D eigenvalue weighted by Crippen LogP contribution is -2.21. The predicted octanol–water partition coefficient (Wildman–Crippen LogP) is 2.18. The van der Waals surface area contributed by atoms with Gasteiger partial charge in [0, 0.05) is 5.56 Å². The summed E-state index contributed by atoms with van der Waals surface area (Å²) in [5.74, 6) is 0.653. The third kappa shape index (κ3) is 4.35. The van der Waals surface area contributed by atoms with Crippen molar-refractivity contribution in [1.82, 2.24) is 0 Å². The van der Waals surface area contributed by atoms with E-state index in [4.69, 9.17) is 16.2 Å². The minimum Gasteiger partial charge on any atom is -0.488 e. The highest BCUT2D eigenvalue weighted by Crippen LogP contribution is 2.18. The summed E-state index contributed by atoms with van der Waals surface area (Å²) in [5.41, 5.74) is 13.6. The number of ether oxygens (including phenoxy) is 1. The molecule has 2 rings (SSSR count). The summed E-state index contributed by atoms with van der Waals surface area (Å²) in [4.78, 5) is 0. The standard InChI is InChI=1S/C16H18N4O/c1-12-6-2-3-8-14(12)11-21-15-9-5-4-7-13(15)10-19-20-16(17)18/h2-10H,11H2,1H3,(H4,17,18,20)/b19-10+. The van der Waals surface area contributed by atoms with Crippen LogP contribution in [0.15, 0.2) is 58.7 Å². The molecular formula is C16H18N4O. The first kappa shape index (κ1) is 14.6. The molecule has 0 aliphatic rings. The van der Waals surface area contributed by atoms with Crippen LogP contribution in [0.2, 0.25) is 0 Å². The van der Waals surface area contributed by atoms with Crippen molar-refractivity contribution >= 4 is 12.2 Å². The van der Waals surface area contributed by atoms with Gasteiger partial charge in [-0.2, -0.15) is 5.10 Å². The number of nitrogens with zero attached hydrogens (tertiary/aromatic N) is 2. The molecule has 0 saturated heterocycles. The van der Waals surface area contributed by atoms with Gasteiger partial charge in [-0.25, -0.2) is 0 Å². The van der Waals surface area contributed by atoms with Crippen molar-refractivity contribution in [2.75, 3.05) is 0 Å². The normalized spacial score (nSPS) is 10.5. The molecule has 0 aliphatic carbocycles. The van der Waals surface area contributed by atoms with E-state index < -0.39 is 0 Å². The molecule has 2 aromatic rings. The molecule has 0 radical (unpaired) electrons. The monoisotopic (exact) mass is 282 g/mol. The Morgan fingerprint density at radius 3 is 2.57 bits per heavy atom. The Balaban J connectivity index is 2.12. The lowest BCUT2D eigenvalue weighted by molar-refractivity contribution is 0.305. The summed E-state index contributed by atoms with van der Waals surface area (Å²) in [6.07, 6.45) is 1.56. The lowest BCUT2D eigenvalue weighted by atomic mass is 10.1. The number of para-hydroxylation sites is 1. The molecule has 0 heterocycles. The lowest BCUT2D eigenvalue weighted by Gasteiger charge is -2.10. The van der Waals surface area contributed by atoms with Gasteiger partial charge in [-0.05, 0) is 30.2 Å². The molecule has 0 fully saturated rings. The fourth-order valence-electron chi connectivity index (χ4n) is 1.80. The highest BCUT2D eigenvalue weighted by Gasteiger charge is 2.02. The Labute approximate surface area is 124 Å². The van der Waals surface area contributed by atoms with Gasteiger partial charge in [-0.15, -0.1) is 5.10 Å². The molecule has 0 bridgehead atoms. The number of rotatable bonds is 5. The first-order valence-electron chi connectivity index (χ1n) is 6.55. The van der Waals surface area contributed by atoms with Gasteiger partial charge in [0.2, 0.25) is 5.96 Å². The van der Waals surface area contributed by atoms with Gasteiger partial charge in [-0.1, -0.05) is 36.4 Å². The van der Waals surface area contributed by atoms with Gasteiger partial charge in [-0.3, -0.25) is 0 Å². The van der Waals surface area contributed by atoms with Gasteiger partial charge in [0.15, 0.2) is 0 Å². The fraction of sp³-hybridized carbons (Fsp3) is 0.125. The molecule has 21 heavy (non-hydrogen) atoms. The second-order valence-corrected chi connectivity index (χ2v) is 4.52. The first-order valence-corrected chi connectivity index (χ1v) is 6.55. The van der Waals surface area contributed by atoms with Gasteiger partial charge in [0.05, 0.1) is 6.21 Å². The van der Waals surface area contributed by atoms with Crippen LogP contribution in [0.5, 0.6) is 5.75 Å². The van der Waals surface area contributed by atoms with E-state index in [1.807, 2.05) is 42.5 Å². The van der Waals surface area contributed by atoms with Crippen LogP contribution in [-0.4, -0.2) is 12.2 Å². The van der Waals surface area contributed by atoms with Crippen LogP contribution in [-0.2, 0) is 6.61 Å². The number of hydrogen-bond donors (Lipinski definition) is 2. The van der Waals surface area contributed by atoms with Gasteiger partial charge in [0.25, 0.3) is 0 Å². The average molecular weight is 282 g/mol. The molecule has 0 atom stereocenters. The van der Waals surface area contributed by atoms with Crippen molar-refractivity contribution in [3.63, 3.8) is 0 Å². The van der Waals surface area contributed by atoms with Crippen LogP contribution in [0.25, 0.3) is 0 Å². The number of benzene rings is 2. The van der Waals surface area contributed by atoms with Crippen LogP contribution < -0.4 is 16.2 Å². The van der Waals surface area contributed by atoms with Crippen molar-refractivity contribution in [3.05, 3.63) is 65.2 Å². The minimum absolute atomic E-state index is 0.0791. The maximum Gasteiger partial charge on any atom is 0.211 e. The van der Waals surface area contributed by atoms with Gasteiger partial charge >= 0.3 is 0 Å². The first-order chi connectivity index (χ1) is 10.2. The Hall–Kier alpha value is -2.82. The molecule has 0 saturated carbocycles. The third-order valence-electron chi connectivity index (χ3n) is 2.93. The quantitative estimate of drug-likeness (QED) is 0.500. The molecule has 0 aliphatic heterocycles. The Morgan fingerprint density at radius 2 is 1.81 bits per heavy atom. The van der Waals surface area contributed by atoms with E-state index in [-0.39, 0.29) is 5.96 Å². The topological polar surface area (TPSA) is 86.0 Å². The average Bonchev–Trinajstić information content (AvgIpc) is 2.47. The molecule has 108 valence electrons. The number of guanidine groups is 1. The van der Waals surface area contributed by atoms with Gasteiger partial charge < -0.3 is 16.2 Å². The molecule has 2 aromatic carbocycles. The zero-order chi connectivity index (χ0) is 15.1. The second-order valence-electron chi connectivity index (χ2n) is 4.52.